The fourth-order valence-corrected chi connectivity index (χ4v) is 2.25. The molecule has 0 radical (unpaired) electrons. The molecule has 0 aromatic rings. The number of carbonyl (C=O) groups is 1. The third-order valence-electron chi connectivity index (χ3n) is 3.15. The molecule has 0 aromatic carbocycles. The van der Waals surface area contributed by atoms with Gasteiger partial charge in [0.25, 0.3) is 0 Å². The second-order valence-electron chi connectivity index (χ2n) is 4.35. The van der Waals surface area contributed by atoms with Crippen LogP contribution < -0.4 is 0 Å². The van der Waals surface area contributed by atoms with Crippen LogP contribution in [0.3, 0.4) is 0 Å². The van der Waals surface area contributed by atoms with Crippen LogP contribution in [0.2, 0.25) is 0 Å². The molecule has 1 saturated heterocycles. The molecule has 1 amide bonds. The molecule has 15 heavy (non-hydrogen) atoms. The molecule has 1 aliphatic rings. The van der Waals surface area contributed by atoms with E-state index in [1.807, 2.05) is 4.90 Å². The van der Waals surface area contributed by atoms with Crippen molar-refractivity contribution in [3.8, 4) is 0 Å². The largest absolute Gasteiger partial charge is 0.396 e. The van der Waals surface area contributed by atoms with Crippen molar-refractivity contribution >= 4 is 5.91 Å². The first kappa shape index (κ1) is 12.5. The Bertz CT molecular complexity index is 192. The molecule has 1 heterocycles. The maximum atomic E-state index is 11.9. The van der Waals surface area contributed by atoms with Gasteiger partial charge in [-0.3, -0.25) is 4.79 Å². The number of rotatable bonds is 5. The van der Waals surface area contributed by atoms with E-state index in [0.29, 0.717) is 12.5 Å². The summed E-state index contributed by atoms with van der Waals surface area (Å²) in [6.45, 7) is 3.20. The van der Waals surface area contributed by atoms with Crippen molar-refractivity contribution in [2.24, 2.45) is 0 Å². The fourth-order valence-electron chi connectivity index (χ4n) is 2.25. The first-order chi connectivity index (χ1) is 7.29. The van der Waals surface area contributed by atoms with E-state index < -0.39 is 0 Å². The van der Waals surface area contributed by atoms with Crippen molar-refractivity contribution < 1.29 is 9.90 Å². The summed E-state index contributed by atoms with van der Waals surface area (Å²) in [6.07, 6.45) is 6.88. The van der Waals surface area contributed by atoms with E-state index in [1.165, 1.54) is 6.42 Å². The number of unbranched alkanes of at least 4 members (excludes halogenated alkanes) is 1. The summed E-state index contributed by atoms with van der Waals surface area (Å²) >= 11 is 0. The molecule has 1 atom stereocenters. The van der Waals surface area contributed by atoms with Crippen LogP contribution in [0.4, 0.5) is 0 Å². The molecular formula is C12H23NO2. The highest BCUT2D eigenvalue weighted by molar-refractivity contribution is 5.76. The summed E-state index contributed by atoms with van der Waals surface area (Å²) in [5.74, 6) is 0.287. The van der Waals surface area contributed by atoms with Crippen LogP contribution in [-0.4, -0.2) is 35.1 Å². The smallest absolute Gasteiger partial charge is 0.222 e. The monoisotopic (exact) mass is 213 g/mol. The summed E-state index contributed by atoms with van der Waals surface area (Å²) < 4.78 is 0. The average Bonchev–Trinajstić information content (AvgIpc) is 2.27. The van der Waals surface area contributed by atoms with Gasteiger partial charge in [0.1, 0.15) is 0 Å². The highest BCUT2D eigenvalue weighted by atomic mass is 16.3. The summed E-state index contributed by atoms with van der Waals surface area (Å²) in [4.78, 5) is 13.9. The maximum Gasteiger partial charge on any atom is 0.222 e. The Labute approximate surface area is 92.5 Å². The van der Waals surface area contributed by atoms with Crippen molar-refractivity contribution in [1.29, 1.82) is 0 Å². The molecule has 88 valence electrons. The number of aliphatic hydroxyl groups excluding tert-OH is 1. The molecule has 0 saturated carbocycles. The van der Waals surface area contributed by atoms with Gasteiger partial charge in [-0.15, -0.1) is 0 Å². The van der Waals surface area contributed by atoms with Crippen molar-refractivity contribution in [3.63, 3.8) is 0 Å². The zero-order valence-electron chi connectivity index (χ0n) is 9.74. The molecule has 1 fully saturated rings. The van der Waals surface area contributed by atoms with Gasteiger partial charge in [0, 0.05) is 25.6 Å². The van der Waals surface area contributed by atoms with Crippen molar-refractivity contribution in [2.45, 2.75) is 57.9 Å². The van der Waals surface area contributed by atoms with Gasteiger partial charge in [-0.05, 0) is 32.1 Å². The van der Waals surface area contributed by atoms with Gasteiger partial charge >= 0.3 is 0 Å². The number of hydrogen-bond acceptors (Lipinski definition) is 2. The highest BCUT2D eigenvalue weighted by Crippen LogP contribution is 2.20. The molecule has 3 nitrogen and oxygen atoms in total. The number of carbonyl (C=O) groups excluding carboxylic acids is 1. The topological polar surface area (TPSA) is 40.5 Å². The second-order valence-corrected chi connectivity index (χ2v) is 4.35. The standard InChI is InChI=1S/C12H23NO2/c1-2-3-7-12(15)13-9-5-4-6-11(13)8-10-14/h11,14H,2-10H2,1H3. The Morgan fingerprint density at radius 1 is 1.47 bits per heavy atom. The number of amides is 1. The lowest BCUT2D eigenvalue weighted by molar-refractivity contribution is -0.135. The molecule has 1 unspecified atom stereocenters. The molecule has 0 aromatic heterocycles. The zero-order chi connectivity index (χ0) is 11.1. The van der Waals surface area contributed by atoms with Gasteiger partial charge in [0.05, 0.1) is 0 Å². The molecule has 0 bridgehead atoms. The van der Waals surface area contributed by atoms with Crippen LogP contribution in [-0.2, 0) is 4.79 Å². The summed E-state index contributed by atoms with van der Waals surface area (Å²) in [5, 5.41) is 8.96. The first-order valence-electron chi connectivity index (χ1n) is 6.20. The van der Waals surface area contributed by atoms with Gasteiger partial charge in [-0.1, -0.05) is 13.3 Å². The van der Waals surface area contributed by atoms with Gasteiger partial charge in [0.15, 0.2) is 0 Å². The minimum atomic E-state index is 0.197. The van der Waals surface area contributed by atoms with Gasteiger partial charge in [-0.2, -0.15) is 0 Å². The minimum Gasteiger partial charge on any atom is -0.396 e. The van der Waals surface area contributed by atoms with Crippen LogP contribution >= 0.6 is 0 Å². The highest BCUT2D eigenvalue weighted by Gasteiger charge is 2.25. The minimum absolute atomic E-state index is 0.197. The lowest BCUT2D eigenvalue weighted by atomic mass is 9.99. The molecular weight excluding hydrogens is 190 g/mol. The average molecular weight is 213 g/mol. The number of nitrogens with zero attached hydrogens (tertiary/aromatic N) is 1. The summed E-state index contributed by atoms with van der Waals surface area (Å²) in [5.41, 5.74) is 0. The zero-order valence-corrected chi connectivity index (χ0v) is 9.74. The number of piperidine rings is 1. The van der Waals surface area contributed by atoms with E-state index in [0.717, 1.165) is 38.6 Å². The third kappa shape index (κ3) is 3.82. The van der Waals surface area contributed by atoms with E-state index in [-0.39, 0.29) is 12.5 Å². The Balaban J connectivity index is 2.43. The van der Waals surface area contributed by atoms with Crippen molar-refractivity contribution in [1.82, 2.24) is 4.90 Å². The van der Waals surface area contributed by atoms with E-state index in [1.54, 1.807) is 0 Å². The fraction of sp³-hybridized carbons (Fsp3) is 0.917. The first-order valence-corrected chi connectivity index (χ1v) is 6.20. The Kier molecular flexibility index (Phi) is 5.69. The van der Waals surface area contributed by atoms with Gasteiger partial charge < -0.3 is 10.0 Å². The Morgan fingerprint density at radius 2 is 2.27 bits per heavy atom. The molecule has 1 N–H and O–H groups in total. The van der Waals surface area contributed by atoms with Gasteiger partial charge in [0.2, 0.25) is 5.91 Å². The molecule has 0 spiro atoms. The quantitative estimate of drug-likeness (QED) is 0.758. The normalized spacial score (nSPS) is 21.7. The van der Waals surface area contributed by atoms with E-state index >= 15 is 0 Å². The maximum absolute atomic E-state index is 11.9. The van der Waals surface area contributed by atoms with Crippen LogP contribution in [0, 0.1) is 0 Å². The predicted molar refractivity (Wildman–Crippen MR) is 60.6 cm³/mol. The van der Waals surface area contributed by atoms with E-state index in [4.69, 9.17) is 5.11 Å². The van der Waals surface area contributed by atoms with E-state index in [9.17, 15) is 4.79 Å². The summed E-state index contributed by atoms with van der Waals surface area (Å²) in [7, 11) is 0. The third-order valence-corrected chi connectivity index (χ3v) is 3.15. The van der Waals surface area contributed by atoms with Crippen LogP contribution in [0.15, 0.2) is 0 Å². The number of aliphatic hydroxyl groups is 1. The van der Waals surface area contributed by atoms with Crippen LogP contribution in [0.1, 0.15) is 51.9 Å². The molecule has 0 aliphatic carbocycles. The second kappa shape index (κ2) is 6.83. The number of likely N-dealkylation sites (tertiary alicyclic amines) is 1. The SMILES string of the molecule is CCCCC(=O)N1CCCCC1CCO. The summed E-state index contributed by atoms with van der Waals surface area (Å²) in [6, 6.07) is 0.299. The van der Waals surface area contributed by atoms with Crippen molar-refractivity contribution in [2.75, 3.05) is 13.2 Å². The molecule has 1 aliphatic heterocycles. The van der Waals surface area contributed by atoms with Crippen molar-refractivity contribution in [3.05, 3.63) is 0 Å². The molecule has 3 heteroatoms. The van der Waals surface area contributed by atoms with Crippen LogP contribution in [0.5, 0.6) is 0 Å². The Hall–Kier alpha value is -0.570. The Morgan fingerprint density at radius 3 is 2.93 bits per heavy atom. The lowest BCUT2D eigenvalue weighted by Crippen LogP contribution is -2.44. The van der Waals surface area contributed by atoms with E-state index in [2.05, 4.69) is 6.92 Å². The predicted octanol–water partition coefficient (Wildman–Crippen LogP) is 1.94. The van der Waals surface area contributed by atoms with Gasteiger partial charge in [-0.25, -0.2) is 0 Å². The molecule has 1 rings (SSSR count). The lowest BCUT2D eigenvalue weighted by Gasteiger charge is -2.35. The van der Waals surface area contributed by atoms with Crippen LogP contribution in [0.25, 0.3) is 0 Å². The number of hydrogen-bond donors (Lipinski definition) is 1.